The highest BCUT2D eigenvalue weighted by molar-refractivity contribution is 5.91. The van der Waals surface area contributed by atoms with Crippen LogP contribution in [-0.2, 0) is 14.3 Å². The zero-order valence-corrected chi connectivity index (χ0v) is 12.4. The molecule has 1 aliphatic rings. The molecular weight excluding hydrogens is 291 g/mol. The van der Waals surface area contributed by atoms with Crippen molar-refractivity contribution in [1.29, 1.82) is 0 Å². The Labute approximate surface area is 128 Å². The first-order chi connectivity index (χ1) is 10.5. The number of rotatable bonds is 6. The lowest BCUT2D eigenvalue weighted by Gasteiger charge is -2.35. The monoisotopic (exact) mass is 310 g/mol. The first-order valence-electron chi connectivity index (χ1n) is 6.98. The molecule has 6 nitrogen and oxygen atoms in total. The number of likely N-dealkylation sites (tertiary alicyclic amines) is 1. The van der Waals surface area contributed by atoms with E-state index in [0.29, 0.717) is 19.4 Å². The van der Waals surface area contributed by atoms with Crippen LogP contribution >= 0.6 is 0 Å². The summed E-state index contributed by atoms with van der Waals surface area (Å²) in [6.45, 7) is 0.0687. The van der Waals surface area contributed by atoms with Gasteiger partial charge in [-0.25, -0.2) is 4.39 Å². The molecule has 1 atom stereocenters. The lowest BCUT2D eigenvalue weighted by Crippen LogP contribution is -2.59. The van der Waals surface area contributed by atoms with E-state index >= 15 is 0 Å². The van der Waals surface area contributed by atoms with Crippen LogP contribution in [0.1, 0.15) is 12.8 Å². The summed E-state index contributed by atoms with van der Waals surface area (Å²) in [5.74, 6) is -1.58. The molecule has 1 aliphatic heterocycles. The largest absolute Gasteiger partial charge is 0.481 e. The molecule has 2 N–H and O–H groups in total. The fourth-order valence-corrected chi connectivity index (χ4v) is 2.74. The van der Waals surface area contributed by atoms with Gasteiger partial charge in [-0.3, -0.25) is 9.59 Å². The van der Waals surface area contributed by atoms with E-state index in [-0.39, 0.29) is 19.0 Å². The molecule has 0 aromatic heterocycles. The van der Waals surface area contributed by atoms with Crippen molar-refractivity contribution in [1.82, 2.24) is 4.90 Å². The number of carbonyl (C=O) groups is 2. The zero-order valence-electron chi connectivity index (χ0n) is 12.4. The van der Waals surface area contributed by atoms with Gasteiger partial charge in [-0.1, -0.05) is 12.1 Å². The van der Waals surface area contributed by atoms with Crippen LogP contribution in [0.4, 0.5) is 4.39 Å². The Morgan fingerprint density at radius 2 is 2.14 bits per heavy atom. The summed E-state index contributed by atoms with van der Waals surface area (Å²) in [6.07, 6.45) is 1.10. The summed E-state index contributed by atoms with van der Waals surface area (Å²) in [7, 11) is 1.45. The van der Waals surface area contributed by atoms with E-state index < -0.39 is 23.2 Å². The van der Waals surface area contributed by atoms with Gasteiger partial charge in [0.2, 0.25) is 5.91 Å². The number of para-hydroxylation sites is 1. The minimum absolute atomic E-state index is 0.00790. The summed E-state index contributed by atoms with van der Waals surface area (Å²) in [5, 5.41) is 0. The lowest BCUT2D eigenvalue weighted by molar-refractivity contribution is -0.148. The van der Waals surface area contributed by atoms with E-state index in [9.17, 15) is 14.0 Å². The normalized spacial score (nSPS) is 20.9. The molecule has 1 fully saturated rings. The van der Waals surface area contributed by atoms with E-state index in [4.69, 9.17) is 15.2 Å². The Morgan fingerprint density at radius 3 is 2.77 bits per heavy atom. The SMILES string of the molecule is COCC1(C(N)=O)CCCN1C(=O)COc1ccccc1F. The first-order valence-corrected chi connectivity index (χ1v) is 6.98. The molecule has 22 heavy (non-hydrogen) atoms. The molecular formula is C15H19FN2O4. The number of hydrogen-bond donors (Lipinski definition) is 1. The fourth-order valence-electron chi connectivity index (χ4n) is 2.74. The van der Waals surface area contributed by atoms with Crippen LogP contribution in [0.5, 0.6) is 5.75 Å². The quantitative estimate of drug-likeness (QED) is 0.838. The number of nitrogens with zero attached hydrogens (tertiary/aromatic N) is 1. The van der Waals surface area contributed by atoms with Gasteiger partial charge in [-0.15, -0.1) is 0 Å². The number of hydrogen-bond acceptors (Lipinski definition) is 4. The number of nitrogens with two attached hydrogens (primary N) is 1. The van der Waals surface area contributed by atoms with Gasteiger partial charge in [0.1, 0.15) is 5.54 Å². The van der Waals surface area contributed by atoms with Crippen LogP contribution in [-0.4, -0.2) is 49.1 Å². The third-order valence-electron chi connectivity index (χ3n) is 3.82. The number of primary amides is 1. The van der Waals surface area contributed by atoms with E-state index in [0.717, 1.165) is 0 Å². The van der Waals surface area contributed by atoms with Gasteiger partial charge >= 0.3 is 0 Å². The minimum Gasteiger partial charge on any atom is -0.481 e. The smallest absolute Gasteiger partial charge is 0.261 e. The van der Waals surface area contributed by atoms with Gasteiger partial charge in [-0.05, 0) is 25.0 Å². The van der Waals surface area contributed by atoms with Gasteiger partial charge in [0.15, 0.2) is 18.2 Å². The average Bonchev–Trinajstić information content (AvgIpc) is 2.92. The van der Waals surface area contributed by atoms with E-state index in [1.54, 1.807) is 6.07 Å². The maximum atomic E-state index is 13.5. The Kier molecular flexibility index (Phi) is 4.97. The van der Waals surface area contributed by atoms with Crippen LogP contribution in [0, 0.1) is 5.82 Å². The topological polar surface area (TPSA) is 81.9 Å². The van der Waals surface area contributed by atoms with E-state index in [2.05, 4.69) is 0 Å². The standard InChI is InChI=1S/C15H19FN2O4/c1-21-10-15(14(17)20)7-4-8-18(15)13(19)9-22-12-6-3-2-5-11(12)16/h2-3,5-6H,4,7-10H2,1H3,(H2,17,20). The number of amides is 2. The molecule has 0 radical (unpaired) electrons. The second-order valence-electron chi connectivity index (χ2n) is 5.20. The van der Waals surface area contributed by atoms with Crippen molar-refractivity contribution in [3.8, 4) is 5.75 Å². The molecule has 1 saturated heterocycles. The lowest BCUT2D eigenvalue weighted by atomic mass is 9.96. The summed E-state index contributed by atoms with van der Waals surface area (Å²) >= 11 is 0. The second-order valence-corrected chi connectivity index (χ2v) is 5.20. The van der Waals surface area contributed by atoms with E-state index in [1.165, 1.54) is 30.2 Å². The molecule has 0 spiro atoms. The maximum Gasteiger partial charge on any atom is 0.261 e. The number of halogens is 1. The minimum atomic E-state index is -1.15. The first kappa shape index (κ1) is 16.2. The van der Waals surface area contributed by atoms with Crippen molar-refractivity contribution in [3.05, 3.63) is 30.1 Å². The Bertz CT molecular complexity index is 566. The van der Waals surface area contributed by atoms with Gasteiger partial charge < -0.3 is 20.1 Å². The maximum absolute atomic E-state index is 13.5. The summed E-state index contributed by atoms with van der Waals surface area (Å²) in [5.41, 5.74) is 4.32. The van der Waals surface area contributed by atoms with Crippen molar-refractivity contribution in [2.24, 2.45) is 5.73 Å². The van der Waals surface area contributed by atoms with Crippen molar-refractivity contribution < 1.29 is 23.5 Å². The molecule has 1 aromatic rings. The highest BCUT2D eigenvalue weighted by atomic mass is 19.1. The van der Waals surface area contributed by atoms with Crippen LogP contribution in [0.15, 0.2) is 24.3 Å². The second kappa shape index (κ2) is 6.74. The van der Waals surface area contributed by atoms with Gasteiger partial charge in [0.25, 0.3) is 5.91 Å². The van der Waals surface area contributed by atoms with Crippen molar-refractivity contribution in [2.75, 3.05) is 26.9 Å². The van der Waals surface area contributed by atoms with Gasteiger partial charge in [0, 0.05) is 13.7 Å². The fraction of sp³-hybridized carbons (Fsp3) is 0.467. The van der Waals surface area contributed by atoms with E-state index in [1.807, 2.05) is 0 Å². The molecule has 0 bridgehead atoms. The number of ether oxygens (including phenoxy) is 2. The van der Waals surface area contributed by atoms with Crippen molar-refractivity contribution in [3.63, 3.8) is 0 Å². The summed E-state index contributed by atoms with van der Waals surface area (Å²) in [4.78, 5) is 25.5. The molecule has 2 rings (SSSR count). The summed E-state index contributed by atoms with van der Waals surface area (Å²) < 4.78 is 23.7. The molecule has 1 heterocycles. The molecule has 120 valence electrons. The molecule has 0 aliphatic carbocycles. The Balaban J connectivity index is 2.08. The Morgan fingerprint density at radius 1 is 1.41 bits per heavy atom. The van der Waals surface area contributed by atoms with Crippen molar-refractivity contribution >= 4 is 11.8 Å². The summed E-state index contributed by atoms with van der Waals surface area (Å²) in [6, 6.07) is 5.82. The molecule has 0 saturated carbocycles. The Hall–Kier alpha value is -2.15. The average molecular weight is 310 g/mol. The predicted octanol–water partition coefficient (Wildman–Crippen LogP) is 0.697. The predicted molar refractivity (Wildman–Crippen MR) is 76.6 cm³/mol. The van der Waals surface area contributed by atoms with Gasteiger partial charge in [0.05, 0.1) is 6.61 Å². The molecule has 7 heteroatoms. The highest BCUT2D eigenvalue weighted by Crippen LogP contribution is 2.30. The number of carbonyl (C=O) groups excluding carboxylic acids is 2. The molecule has 2 amide bonds. The third kappa shape index (κ3) is 3.04. The highest BCUT2D eigenvalue weighted by Gasteiger charge is 2.48. The van der Waals surface area contributed by atoms with Crippen LogP contribution < -0.4 is 10.5 Å². The van der Waals surface area contributed by atoms with Gasteiger partial charge in [-0.2, -0.15) is 0 Å². The number of benzene rings is 1. The van der Waals surface area contributed by atoms with Crippen molar-refractivity contribution in [2.45, 2.75) is 18.4 Å². The zero-order chi connectivity index (χ0) is 16.2. The van der Waals surface area contributed by atoms with Crippen LogP contribution in [0.25, 0.3) is 0 Å². The number of methoxy groups -OCH3 is 1. The third-order valence-corrected chi connectivity index (χ3v) is 3.82. The van der Waals surface area contributed by atoms with Crippen LogP contribution in [0.2, 0.25) is 0 Å². The molecule has 1 aromatic carbocycles. The molecule has 1 unspecified atom stereocenters. The van der Waals surface area contributed by atoms with Crippen LogP contribution in [0.3, 0.4) is 0 Å².